The van der Waals surface area contributed by atoms with Crippen LogP contribution in [0, 0.1) is 0 Å². The van der Waals surface area contributed by atoms with Crippen LogP contribution in [0.1, 0.15) is 61.9 Å². The molecule has 0 spiro atoms. The lowest BCUT2D eigenvalue weighted by atomic mass is 10.2. The van der Waals surface area contributed by atoms with Crippen LogP contribution in [-0.4, -0.2) is 36.3 Å². The van der Waals surface area contributed by atoms with Gasteiger partial charge in [0.1, 0.15) is 0 Å². The van der Waals surface area contributed by atoms with E-state index in [9.17, 15) is 13.2 Å². The van der Waals surface area contributed by atoms with E-state index in [-0.39, 0.29) is 10.8 Å². The van der Waals surface area contributed by atoms with Crippen LogP contribution >= 0.6 is 11.3 Å². The zero-order valence-electron chi connectivity index (χ0n) is 19.3. The van der Waals surface area contributed by atoms with Crippen molar-refractivity contribution in [1.29, 1.82) is 0 Å². The van der Waals surface area contributed by atoms with Gasteiger partial charge >= 0.3 is 0 Å². The number of sulfonamides is 1. The highest BCUT2D eigenvalue weighted by molar-refractivity contribution is 7.89. The molecular formula is C25H31N3O3S2. The molecule has 176 valence electrons. The number of rotatable bonds is 6. The molecule has 1 saturated heterocycles. The highest BCUT2D eigenvalue weighted by atomic mass is 32.2. The number of thiazole rings is 1. The third-order valence-electron chi connectivity index (χ3n) is 6.10. The van der Waals surface area contributed by atoms with E-state index < -0.39 is 10.0 Å². The van der Waals surface area contributed by atoms with Crippen LogP contribution < -0.4 is 4.80 Å². The summed E-state index contributed by atoms with van der Waals surface area (Å²) in [4.78, 5) is 18.3. The highest BCUT2D eigenvalue weighted by Gasteiger charge is 2.25. The van der Waals surface area contributed by atoms with Crippen LogP contribution in [0.5, 0.6) is 0 Å². The van der Waals surface area contributed by atoms with E-state index in [2.05, 4.69) is 41.6 Å². The van der Waals surface area contributed by atoms with E-state index in [0.717, 1.165) is 55.3 Å². The van der Waals surface area contributed by atoms with Crippen LogP contribution in [0.25, 0.3) is 10.2 Å². The van der Waals surface area contributed by atoms with Crippen LogP contribution in [-0.2, 0) is 23.0 Å². The molecule has 2 aromatic carbocycles. The molecule has 1 aliphatic rings. The van der Waals surface area contributed by atoms with Crippen molar-refractivity contribution in [2.75, 3.05) is 13.1 Å². The Kier molecular flexibility index (Phi) is 7.46. The summed E-state index contributed by atoms with van der Waals surface area (Å²) in [6.07, 6.45) is 5.81. The van der Waals surface area contributed by atoms with E-state index in [1.54, 1.807) is 16.4 Å². The maximum atomic E-state index is 13.0. The lowest BCUT2D eigenvalue weighted by Gasteiger charge is -2.19. The van der Waals surface area contributed by atoms with Gasteiger partial charge in [0, 0.05) is 25.2 Å². The number of aryl methyl sites for hydroxylation is 2. The van der Waals surface area contributed by atoms with E-state index >= 15 is 0 Å². The Morgan fingerprint density at radius 1 is 1.00 bits per heavy atom. The molecule has 1 aromatic heterocycles. The van der Waals surface area contributed by atoms with Crippen molar-refractivity contribution in [3.63, 3.8) is 0 Å². The average Bonchev–Trinajstić information content (AvgIpc) is 2.98. The SMILES string of the molecule is CCCn1c(=NC(=O)c2ccc(S(=O)(=O)N3CCCCCC3)cc2)sc2cc(CC)ccc21. The van der Waals surface area contributed by atoms with Crippen molar-refractivity contribution in [2.45, 2.75) is 63.8 Å². The second-order valence-corrected chi connectivity index (χ2v) is 11.4. The Bertz CT molecular complexity index is 1300. The van der Waals surface area contributed by atoms with Crippen molar-refractivity contribution in [3.8, 4) is 0 Å². The van der Waals surface area contributed by atoms with Gasteiger partial charge in [0.25, 0.3) is 5.91 Å². The molecule has 8 heteroatoms. The summed E-state index contributed by atoms with van der Waals surface area (Å²) in [6, 6.07) is 12.6. The predicted octanol–water partition coefficient (Wildman–Crippen LogP) is 4.98. The van der Waals surface area contributed by atoms with Gasteiger partial charge in [-0.05, 0) is 67.6 Å². The molecule has 2 heterocycles. The van der Waals surface area contributed by atoms with Crippen molar-refractivity contribution >= 4 is 37.5 Å². The van der Waals surface area contributed by atoms with Gasteiger partial charge in [-0.15, -0.1) is 0 Å². The van der Waals surface area contributed by atoms with Crippen LogP contribution in [0.2, 0.25) is 0 Å². The van der Waals surface area contributed by atoms with Gasteiger partial charge in [0.2, 0.25) is 10.0 Å². The van der Waals surface area contributed by atoms with Crippen LogP contribution in [0.15, 0.2) is 52.4 Å². The number of aromatic nitrogens is 1. The molecule has 1 fully saturated rings. The molecule has 0 unspecified atom stereocenters. The second kappa shape index (κ2) is 10.3. The van der Waals surface area contributed by atoms with Gasteiger partial charge in [-0.25, -0.2) is 8.42 Å². The number of amides is 1. The quantitative estimate of drug-likeness (QED) is 0.494. The fraction of sp³-hybridized carbons (Fsp3) is 0.440. The zero-order valence-corrected chi connectivity index (χ0v) is 20.9. The van der Waals surface area contributed by atoms with E-state index in [0.29, 0.717) is 23.5 Å². The monoisotopic (exact) mass is 485 g/mol. The number of nitrogens with zero attached hydrogens (tertiary/aromatic N) is 3. The molecule has 0 N–H and O–H groups in total. The largest absolute Gasteiger partial charge is 0.316 e. The summed E-state index contributed by atoms with van der Waals surface area (Å²) in [5.41, 5.74) is 2.73. The third kappa shape index (κ3) is 5.13. The number of fused-ring (bicyclic) bond motifs is 1. The molecule has 3 aromatic rings. The minimum atomic E-state index is -3.54. The predicted molar refractivity (Wildman–Crippen MR) is 133 cm³/mol. The Morgan fingerprint density at radius 2 is 1.70 bits per heavy atom. The van der Waals surface area contributed by atoms with Gasteiger partial charge in [0.15, 0.2) is 4.80 Å². The third-order valence-corrected chi connectivity index (χ3v) is 9.06. The number of carbonyl (C=O) groups excluding carboxylic acids is 1. The first kappa shape index (κ1) is 23.9. The molecule has 1 amide bonds. The maximum absolute atomic E-state index is 13.0. The van der Waals surface area contributed by atoms with Crippen molar-refractivity contribution < 1.29 is 13.2 Å². The first-order valence-corrected chi connectivity index (χ1v) is 14.0. The van der Waals surface area contributed by atoms with E-state index in [1.165, 1.54) is 29.0 Å². The van der Waals surface area contributed by atoms with Gasteiger partial charge in [-0.2, -0.15) is 9.30 Å². The Hall–Kier alpha value is -2.29. The number of hydrogen-bond donors (Lipinski definition) is 0. The summed E-state index contributed by atoms with van der Waals surface area (Å²) in [5, 5.41) is 0. The van der Waals surface area contributed by atoms with Crippen molar-refractivity contribution in [3.05, 3.63) is 58.4 Å². The second-order valence-electron chi connectivity index (χ2n) is 8.45. The lowest BCUT2D eigenvalue weighted by Crippen LogP contribution is -2.31. The normalized spacial score (nSPS) is 16.2. The fourth-order valence-corrected chi connectivity index (χ4v) is 6.85. The number of carbonyl (C=O) groups is 1. The van der Waals surface area contributed by atoms with Crippen LogP contribution in [0.3, 0.4) is 0 Å². The summed E-state index contributed by atoms with van der Waals surface area (Å²) in [5.74, 6) is -0.360. The molecule has 0 atom stereocenters. The molecule has 0 saturated carbocycles. The van der Waals surface area contributed by atoms with Gasteiger partial charge in [0.05, 0.1) is 15.1 Å². The molecular weight excluding hydrogens is 454 g/mol. The Balaban J connectivity index is 1.63. The first-order chi connectivity index (χ1) is 15.9. The van der Waals surface area contributed by atoms with E-state index in [4.69, 9.17) is 0 Å². The average molecular weight is 486 g/mol. The minimum absolute atomic E-state index is 0.232. The van der Waals surface area contributed by atoms with E-state index in [1.807, 2.05) is 0 Å². The Labute approximate surface area is 199 Å². The first-order valence-electron chi connectivity index (χ1n) is 11.8. The topological polar surface area (TPSA) is 71.7 Å². The number of hydrogen-bond acceptors (Lipinski definition) is 4. The van der Waals surface area contributed by atoms with Gasteiger partial charge < -0.3 is 4.57 Å². The van der Waals surface area contributed by atoms with Crippen molar-refractivity contribution in [1.82, 2.24) is 8.87 Å². The molecule has 0 bridgehead atoms. The summed E-state index contributed by atoms with van der Waals surface area (Å²) in [7, 11) is -3.54. The molecule has 0 radical (unpaired) electrons. The standard InChI is InChI=1S/C25H31N3O3S2/c1-3-15-28-22-14-9-19(4-2)18-23(22)32-25(28)26-24(29)20-10-12-21(13-11-20)33(30,31)27-16-7-5-6-8-17-27/h9-14,18H,3-8,15-17H2,1-2H3. The van der Waals surface area contributed by atoms with Gasteiger partial charge in [-0.1, -0.05) is 44.1 Å². The van der Waals surface area contributed by atoms with Crippen LogP contribution in [0.4, 0.5) is 0 Å². The zero-order chi connectivity index (χ0) is 23.4. The Morgan fingerprint density at radius 3 is 2.33 bits per heavy atom. The van der Waals surface area contributed by atoms with Gasteiger partial charge in [-0.3, -0.25) is 4.79 Å². The summed E-state index contributed by atoms with van der Waals surface area (Å²) in [6.45, 7) is 6.12. The molecule has 6 nitrogen and oxygen atoms in total. The molecule has 0 aliphatic carbocycles. The summed E-state index contributed by atoms with van der Waals surface area (Å²) < 4.78 is 30.8. The minimum Gasteiger partial charge on any atom is -0.316 e. The fourth-order valence-electron chi connectivity index (χ4n) is 4.21. The number of benzene rings is 2. The lowest BCUT2D eigenvalue weighted by molar-refractivity contribution is 0.0997. The highest BCUT2D eigenvalue weighted by Crippen LogP contribution is 2.22. The smallest absolute Gasteiger partial charge is 0.279 e. The molecule has 1 aliphatic heterocycles. The molecule has 4 rings (SSSR count). The van der Waals surface area contributed by atoms with Crippen molar-refractivity contribution in [2.24, 2.45) is 4.99 Å². The summed E-state index contributed by atoms with van der Waals surface area (Å²) >= 11 is 1.52. The maximum Gasteiger partial charge on any atom is 0.279 e. The molecule has 33 heavy (non-hydrogen) atoms.